The first kappa shape index (κ1) is 8.27. The minimum absolute atomic E-state index is 0.755. The van der Waals surface area contributed by atoms with Crippen molar-refractivity contribution < 1.29 is 4.52 Å². The zero-order valence-electron chi connectivity index (χ0n) is 5.53. The van der Waals surface area contributed by atoms with Gasteiger partial charge in [-0.3, -0.25) is 0 Å². The number of aromatic nitrogens is 1. The van der Waals surface area contributed by atoms with Crippen molar-refractivity contribution in [3.63, 3.8) is 0 Å². The molecule has 0 aromatic carbocycles. The third kappa shape index (κ3) is 1.42. The van der Waals surface area contributed by atoms with E-state index in [-0.39, 0.29) is 0 Å². The molecular weight excluding hydrogens is 262 g/mol. The molecule has 0 amide bonds. The molecular formula is C6H7Br2NO. The van der Waals surface area contributed by atoms with Crippen LogP contribution in [0.3, 0.4) is 0 Å². The Labute approximate surface area is 76.2 Å². The lowest BCUT2D eigenvalue weighted by molar-refractivity contribution is 0.392. The molecule has 1 rings (SSSR count). The molecule has 0 saturated carbocycles. The van der Waals surface area contributed by atoms with E-state index in [9.17, 15) is 0 Å². The third-order valence-corrected chi connectivity index (χ3v) is 2.42. The summed E-state index contributed by atoms with van der Waals surface area (Å²) in [5.41, 5.74) is 2.13. The molecule has 0 aliphatic rings. The lowest BCUT2D eigenvalue weighted by Crippen LogP contribution is -1.84. The van der Waals surface area contributed by atoms with Crippen molar-refractivity contribution in [1.29, 1.82) is 0 Å². The molecule has 0 bridgehead atoms. The molecule has 0 spiro atoms. The third-order valence-electron chi connectivity index (χ3n) is 1.33. The zero-order chi connectivity index (χ0) is 7.56. The topological polar surface area (TPSA) is 26.0 Å². The van der Waals surface area contributed by atoms with Crippen molar-refractivity contribution in [2.24, 2.45) is 0 Å². The van der Waals surface area contributed by atoms with Crippen LogP contribution in [0.4, 0.5) is 0 Å². The molecule has 2 nitrogen and oxygen atoms in total. The first-order valence-corrected chi connectivity index (χ1v) is 5.09. The molecule has 0 fully saturated rings. The van der Waals surface area contributed by atoms with E-state index >= 15 is 0 Å². The van der Waals surface area contributed by atoms with Gasteiger partial charge in [-0.15, -0.1) is 0 Å². The van der Waals surface area contributed by atoms with Crippen molar-refractivity contribution in [3.8, 4) is 0 Å². The van der Waals surface area contributed by atoms with E-state index in [1.165, 1.54) is 0 Å². The van der Waals surface area contributed by atoms with Gasteiger partial charge < -0.3 is 4.52 Å². The van der Waals surface area contributed by atoms with Gasteiger partial charge in [0.15, 0.2) is 0 Å². The van der Waals surface area contributed by atoms with Gasteiger partial charge in [0.05, 0.1) is 5.69 Å². The summed E-state index contributed by atoms with van der Waals surface area (Å²) in [5, 5.41) is 5.42. The molecule has 1 aromatic heterocycles. The Kier molecular flexibility index (Phi) is 2.92. The monoisotopic (exact) mass is 267 g/mol. The van der Waals surface area contributed by atoms with Gasteiger partial charge in [-0.1, -0.05) is 37.0 Å². The summed E-state index contributed by atoms with van der Waals surface area (Å²) in [4.78, 5) is 0. The Morgan fingerprint density at radius 3 is 2.50 bits per heavy atom. The second-order valence-corrected chi connectivity index (χ2v) is 3.05. The van der Waals surface area contributed by atoms with Crippen molar-refractivity contribution >= 4 is 31.9 Å². The van der Waals surface area contributed by atoms with Gasteiger partial charge in [0.25, 0.3) is 0 Å². The second kappa shape index (κ2) is 3.53. The number of nitrogens with zero attached hydrogens (tertiary/aromatic N) is 1. The summed E-state index contributed by atoms with van der Waals surface area (Å²) in [6, 6.07) is 0. The Balaban J connectivity index is 3.01. The summed E-state index contributed by atoms with van der Waals surface area (Å²) >= 11 is 6.68. The van der Waals surface area contributed by atoms with E-state index in [1.807, 2.05) is 6.92 Å². The minimum Gasteiger partial charge on any atom is -0.361 e. The van der Waals surface area contributed by atoms with E-state index in [0.717, 1.165) is 27.7 Å². The number of alkyl halides is 2. The highest BCUT2D eigenvalue weighted by molar-refractivity contribution is 9.09. The van der Waals surface area contributed by atoms with E-state index in [4.69, 9.17) is 4.52 Å². The Bertz CT molecular complexity index is 222. The average molecular weight is 269 g/mol. The highest BCUT2D eigenvalue weighted by atomic mass is 79.9. The van der Waals surface area contributed by atoms with Gasteiger partial charge >= 0.3 is 0 Å². The van der Waals surface area contributed by atoms with Crippen LogP contribution in [-0.4, -0.2) is 5.16 Å². The van der Waals surface area contributed by atoms with E-state index in [0.29, 0.717) is 0 Å². The number of rotatable bonds is 2. The van der Waals surface area contributed by atoms with Crippen molar-refractivity contribution in [2.75, 3.05) is 0 Å². The molecule has 0 aliphatic carbocycles. The van der Waals surface area contributed by atoms with Gasteiger partial charge in [-0.2, -0.15) is 0 Å². The van der Waals surface area contributed by atoms with Gasteiger partial charge in [-0.05, 0) is 6.92 Å². The molecule has 0 unspecified atom stereocenters. The average Bonchev–Trinajstić information content (AvgIpc) is 2.30. The van der Waals surface area contributed by atoms with Crippen LogP contribution in [0.15, 0.2) is 4.52 Å². The van der Waals surface area contributed by atoms with Gasteiger partial charge in [0.2, 0.25) is 0 Å². The van der Waals surface area contributed by atoms with Crippen LogP contribution < -0.4 is 0 Å². The maximum absolute atomic E-state index is 4.97. The van der Waals surface area contributed by atoms with Gasteiger partial charge in [0.1, 0.15) is 5.76 Å². The SMILES string of the molecule is Cc1onc(CBr)c1CBr. The predicted molar refractivity (Wildman–Crippen MR) is 46.5 cm³/mol. The smallest absolute Gasteiger partial charge is 0.137 e. The maximum Gasteiger partial charge on any atom is 0.137 e. The standard InChI is InChI=1S/C6H7Br2NO/c1-4-5(2-7)6(3-8)9-10-4/h2-3H2,1H3. The quantitative estimate of drug-likeness (QED) is 0.771. The molecule has 0 N–H and O–H groups in total. The molecule has 56 valence electrons. The summed E-state index contributed by atoms with van der Waals surface area (Å²) in [5.74, 6) is 0.895. The summed E-state index contributed by atoms with van der Waals surface area (Å²) in [6.07, 6.45) is 0. The maximum atomic E-state index is 4.97. The van der Waals surface area contributed by atoms with Crippen molar-refractivity contribution in [1.82, 2.24) is 5.16 Å². The van der Waals surface area contributed by atoms with E-state index in [2.05, 4.69) is 37.0 Å². The molecule has 0 saturated heterocycles. The first-order valence-electron chi connectivity index (χ1n) is 2.85. The molecule has 0 radical (unpaired) electrons. The van der Waals surface area contributed by atoms with Crippen LogP contribution in [0.5, 0.6) is 0 Å². The van der Waals surface area contributed by atoms with Crippen LogP contribution in [-0.2, 0) is 10.7 Å². The van der Waals surface area contributed by atoms with Crippen LogP contribution >= 0.6 is 31.9 Å². The number of aryl methyl sites for hydroxylation is 1. The fourth-order valence-corrected chi connectivity index (χ4v) is 1.87. The normalized spacial score (nSPS) is 10.3. The molecule has 1 aromatic rings. The fourth-order valence-electron chi connectivity index (χ4n) is 0.713. The number of hydrogen-bond acceptors (Lipinski definition) is 2. The predicted octanol–water partition coefficient (Wildman–Crippen LogP) is 2.77. The van der Waals surface area contributed by atoms with Gasteiger partial charge in [0, 0.05) is 16.2 Å². The highest BCUT2D eigenvalue weighted by Crippen LogP contribution is 2.18. The Morgan fingerprint density at radius 2 is 2.10 bits per heavy atom. The fraction of sp³-hybridized carbons (Fsp3) is 0.500. The van der Waals surface area contributed by atoms with Gasteiger partial charge in [-0.25, -0.2) is 0 Å². The molecule has 1 heterocycles. The van der Waals surface area contributed by atoms with Crippen LogP contribution in [0.1, 0.15) is 17.0 Å². The lowest BCUT2D eigenvalue weighted by atomic mass is 10.2. The molecule has 0 aliphatic heterocycles. The summed E-state index contributed by atoms with van der Waals surface area (Å²) in [6.45, 7) is 1.91. The molecule has 10 heavy (non-hydrogen) atoms. The van der Waals surface area contributed by atoms with Crippen LogP contribution in [0.2, 0.25) is 0 Å². The Hall–Kier alpha value is 0.170. The molecule has 0 atom stereocenters. The van der Waals surface area contributed by atoms with Crippen LogP contribution in [0, 0.1) is 6.92 Å². The van der Waals surface area contributed by atoms with E-state index < -0.39 is 0 Å². The second-order valence-electron chi connectivity index (χ2n) is 1.93. The van der Waals surface area contributed by atoms with Crippen molar-refractivity contribution in [3.05, 3.63) is 17.0 Å². The Morgan fingerprint density at radius 1 is 1.40 bits per heavy atom. The largest absolute Gasteiger partial charge is 0.361 e. The number of hydrogen-bond donors (Lipinski definition) is 0. The van der Waals surface area contributed by atoms with E-state index in [1.54, 1.807) is 0 Å². The lowest BCUT2D eigenvalue weighted by Gasteiger charge is -1.89. The summed E-state index contributed by atoms with van der Waals surface area (Å²) in [7, 11) is 0. The van der Waals surface area contributed by atoms with Crippen molar-refractivity contribution in [2.45, 2.75) is 17.6 Å². The number of halogens is 2. The minimum atomic E-state index is 0.755. The highest BCUT2D eigenvalue weighted by Gasteiger charge is 2.08. The zero-order valence-corrected chi connectivity index (χ0v) is 8.70. The molecule has 4 heteroatoms. The first-order chi connectivity index (χ1) is 4.79. The van der Waals surface area contributed by atoms with Crippen LogP contribution in [0.25, 0.3) is 0 Å². The summed E-state index contributed by atoms with van der Waals surface area (Å²) < 4.78 is 4.97.